The fourth-order valence-corrected chi connectivity index (χ4v) is 1.24. The molecular formula is C8H11IN2O3. The summed E-state index contributed by atoms with van der Waals surface area (Å²) in [5, 5.41) is 9.30. The van der Waals surface area contributed by atoms with Gasteiger partial charge in [0.1, 0.15) is 15.5 Å². The van der Waals surface area contributed by atoms with E-state index in [1.165, 1.54) is 0 Å². The van der Waals surface area contributed by atoms with Gasteiger partial charge in [0.05, 0.1) is 0 Å². The van der Waals surface area contributed by atoms with E-state index in [4.69, 9.17) is 4.74 Å². The molecule has 0 aliphatic rings. The average molecular weight is 310 g/mol. The maximum atomic E-state index is 11.3. The van der Waals surface area contributed by atoms with Crippen molar-refractivity contribution in [2.75, 3.05) is 6.61 Å². The zero-order chi connectivity index (χ0) is 10.7. The lowest BCUT2D eigenvalue weighted by atomic mass is 10.3. The van der Waals surface area contributed by atoms with Gasteiger partial charge in [-0.25, -0.2) is 0 Å². The van der Waals surface area contributed by atoms with Crippen LogP contribution in [0.1, 0.15) is 25.8 Å². The first kappa shape index (κ1) is 11.4. The molecule has 0 saturated heterocycles. The Kier molecular flexibility index (Phi) is 3.87. The summed E-state index contributed by atoms with van der Waals surface area (Å²) in [6, 6.07) is 0. The Morgan fingerprint density at radius 1 is 1.71 bits per heavy atom. The number of aromatic amines is 1. The molecule has 1 aromatic rings. The second-order valence-electron chi connectivity index (χ2n) is 2.69. The quantitative estimate of drug-likeness (QED) is 0.822. The summed E-state index contributed by atoms with van der Waals surface area (Å²) in [5.41, 5.74) is -0.348. The standard InChI is InChI=1S/C8H11IN2O3/c1-3-14-4(2)6-10-7(12)5(9)8(13)11-6/h4H,3H2,1-2H3,(H2,10,11,12,13). The summed E-state index contributed by atoms with van der Waals surface area (Å²) in [7, 11) is 0. The maximum Gasteiger partial charge on any atom is 0.268 e. The van der Waals surface area contributed by atoms with Crippen LogP contribution < -0.4 is 5.56 Å². The Hall–Kier alpha value is -0.630. The average Bonchev–Trinajstić information content (AvgIpc) is 2.13. The molecule has 1 atom stereocenters. The fourth-order valence-electron chi connectivity index (χ4n) is 0.985. The molecule has 2 N–H and O–H groups in total. The van der Waals surface area contributed by atoms with Crippen LogP contribution in [0.15, 0.2) is 4.79 Å². The monoisotopic (exact) mass is 310 g/mol. The van der Waals surface area contributed by atoms with Gasteiger partial charge in [-0.05, 0) is 36.4 Å². The van der Waals surface area contributed by atoms with Gasteiger partial charge in [0.15, 0.2) is 0 Å². The maximum absolute atomic E-state index is 11.3. The number of aromatic nitrogens is 2. The summed E-state index contributed by atoms with van der Waals surface area (Å²) in [4.78, 5) is 17.6. The lowest BCUT2D eigenvalue weighted by Gasteiger charge is -2.10. The van der Waals surface area contributed by atoms with E-state index in [9.17, 15) is 9.90 Å². The third-order valence-electron chi connectivity index (χ3n) is 1.67. The molecule has 5 nitrogen and oxygen atoms in total. The number of H-pyrrole nitrogens is 1. The number of aromatic hydroxyl groups is 1. The van der Waals surface area contributed by atoms with Gasteiger partial charge in [-0.3, -0.25) is 4.79 Å². The van der Waals surface area contributed by atoms with E-state index in [0.29, 0.717) is 12.4 Å². The van der Waals surface area contributed by atoms with Gasteiger partial charge >= 0.3 is 0 Å². The van der Waals surface area contributed by atoms with Gasteiger partial charge in [0.25, 0.3) is 5.56 Å². The Balaban J connectivity index is 3.06. The molecule has 1 heterocycles. The van der Waals surface area contributed by atoms with Gasteiger partial charge in [-0.15, -0.1) is 0 Å². The summed E-state index contributed by atoms with van der Waals surface area (Å²) in [6.07, 6.45) is -0.324. The topological polar surface area (TPSA) is 75.2 Å². The van der Waals surface area contributed by atoms with Crippen LogP contribution in [-0.4, -0.2) is 21.7 Å². The van der Waals surface area contributed by atoms with Crippen LogP contribution in [0.3, 0.4) is 0 Å². The van der Waals surface area contributed by atoms with Gasteiger partial charge in [-0.1, -0.05) is 0 Å². The highest BCUT2D eigenvalue weighted by Gasteiger charge is 2.12. The van der Waals surface area contributed by atoms with Gasteiger partial charge in [-0.2, -0.15) is 4.98 Å². The number of rotatable bonds is 3. The molecule has 1 rings (SSSR count). The first-order chi connectivity index (χ1) is 6.56. The fraction of sp³-hybridized carbons (Fsp3) is 0.500. The van der Waals surface area contributed by atoms with Gasteiger partial charge in [0, 0.05) is 6.61 Å². The van der Waals surface area contributed by atoms with E-state index in [1.807, 2.05) is 6.92 Å². The molecule has 14 heavy (non-hydrogen) atoms. The van der Waals surface area contributed by atoms with E-state index in [2.05, 4.69) is 9.97 Å². The van der Waals surface area contributed by atoms with Crippen molar-refractivity contribution in [3.05, 3.63) is 19.7 Å². The van der Waals surface area contributed by atoms with E-state index in [1.54, 1.807) is 29.5 Å². The number of halogens is 1. The van der Waals surface area contributed by atoms with Crippen molar-refractivity contribution in [3.8, 4) is 5.88 Å². The van der Waals surface area contributed by atoms with Crippen molar-refractivity contribution in [2.24, 2.45) is 0 Å². The number of nitrogens with zero attached hydrogens (tertiary/aromatic N) is 1. The van der Waals surface area contributed by atoms with E-state index >= 15 is 0 Å². The molecule has 0 saturated carbocycles. The molecule has 0 bridgehead atoms. The molecular weight excluding hydrogens is 299 g/mol. The van der Waals surface area contributed by atoms with Crippen LogP contribution >= 0.6 is 22.6 Å². The van der Waals surface area contributed by atoms with Crippen molar-refractivity contribution in [1.29, 1.82) is 0 Å². The summed E-state index contributed by atoms with van der Waals surface area (Å²) in [5.74, 6) is 0.0886. The van der Waals surface area contributed by atoms with Crippen molar-refractivity contribution in [1.82, 2.24) is 9.97 Å². The molecule has 0 aliphatic carbocycles. The summed E-state index contributed by atoms with van der Waals surface area (Å²) in [6.45, 7) is 4.13. The smallest absolute Gasteiger partial charge is 0.268 e. The minimum Gasteiger partial charge on any atom is -0.492 e. The Morgan fingerprint density at radius 3 is 2.86 bits per heavy atom. The van der Waals surface area contributed by atoms with Crippen LogP contribution in [-0.2, 0) is 4.74 Å². The predicted octanol–water partition coefficient (Wildman–Crippen LogP) is 1.18. The number of hydrogen-bond donors (Lipinski definition) is 2. The minimum absolute atomic E-state index is 0.190. The summed E-state index contributed by atoms with van der Waals surface area (Å²) < 4.78 is 5.42. The highest BCUT2D eigenvalue weighted by atomic mass is 127. The van der Waals surface area contributed by atoms with E-state index in [-0.39, 0.29) is 21.1 Å². The third kappa shape index (κ3) is 2.44. The zero-order valence-corrected chi connectivity index (χ0v) is 10.0. The lowest BCUT2D eigenvalue weighted by Crippen LogP contribution is -2.17. The predicted molar refractivity (Wildman–Crippen MR) is 59.3 cm³/mol. The number of ether oxygens (including phenoxy) is 1. The van der Waals surface area contributed by atoms with Crippen LogP contribution in [0.25, 0.3) is 0 Å². The summed E-state index contributed by atoms with van der Waals surface area (Å²) >= 11 is 1.73. The highest BCUT2D eigenvalue weighted by molar-refractivity contribution is 14.1. The van der Waals surface area contributed by atoms with Gasteiger partial charge in [0.2, 0.25) is 5.88 Å². The van der Waals surface area contributed by atoms with Crippen LogP contribution in [0, 0.1) is 3.57 Å². The molecule has 0 spiro atoms. The van der Waals surface area contributed by atoms with E-state index in [0.717, 1.165) is 0 Å². The Morgan fingerprint density at radius 2 is 2.36 bits per heavy atom. The Labute approximate surface area is 94.7 Å². The lowest BCUT2D eigenvalue weighted by molar-refractivity contribution is 0.0693. The molecule has 0 fully saturated rings. The van der Waals surface area contributed by atoms with Crippen molar-refractivity contribution in [2.45, 2.75) is 20.0 Å². The van der Waals surface area contributed by atoms with Crippen LogP contribution in [0.2, 0.25) is 0 Å². The van der Waals surface area contributed by atoms with Crippen LogP contribution in [0.4, 0.5) is 0 Å². The SMILES string of the molecule is CCOC(C)c1nc(O)c(I)c(=O)[nH]1. The molecule has 6 heteroatoms. The molecule has 0 radical (unpaired) electrons. The molecule has 0 aromatic carbocycles. The minimum atomic E-state index is -0.348. The number of nitrogens with one attached hydrogen (secondary N) is 1. The molecule has 0 aliphatic heterocycles. The first-order valence-corrected chi connectivity index (χ1v) is 5.24. The molecule has 78 valence electrons. The largest absolute Gasteiger partial charge is 0.492 e. The van der Waals surface area contributed by atoms with Crippen molar-refractivity contribution >= 4 is 22.6 Å². The third-order valence-corrected chi connectivity index (χ3v) is 2.64. The van der Waals surface area contributed by atoms with E-state index < -0.39 is 0 Å². The molecule has 0 amide bonds. The Bertz CT molecular complexity index is 377. The first-order valence-electron chi connectivity index (χ1n) is 4.16. The molecule has 1 unspecified atom stereocenters. The second kappa shape index (κ2) is 4.74. The zero-order valence-electron chi connectivity index (χ0n) is 7.87. The van der Waals surface area contributed by atoms with Crippen LogP contribution in [0.5, 0.6) is 5.88 Å². The highest BCUT2D eigenvalue weighted by Crippen LogP contribution is 2.16. The second-order valence-corrected chi connectivity index (χ2v) is 3.77. The number of hydrogen-bond acceptors (Lipinski definition) is 4. The van der Waals surface area contributed by atoms with Gasteiger partial charge < -0.3 is 14.8 Å². The van der Waals surface area contributed by atoms with Crippen molar-refractivity contribution in [3.63, 3.8) is 0 Å². The normalized spacial score (nSPS) is 12.8. The van der Waals surface area contributed by atoms with Crippen molar-refractivity contribution < 1.29 is 9.84 Å². The molecule has 1 aromatic heterocycles.